The number of amides is 1. The summed E-state index contributed by atoms with van der Waals surface area (Å²) in [6.45, 7) is 1.15. The van der Waals surface area contributed by atoms with E-state index in [1.165, 1.54) is 36.8 Å². The van der Waals surface area contributed by atoms with Gasteiger partial charge in [0.25, 0.3) is 0 Å². The van der Waals surface area contributed by atoms with Crippen LogP contribution in [-0.4, -0.2) is 29.3 Å². The van der Waals surface area contributed by atoms with E-state index in [-0.39, 0.29) is 17.9 Å². The first-order valence-corrected chi connectivity index (χ1v) is 8.01. The van der Waals surface area contributed by atoms with E-state index >= 15 is 0 Å². The van der Waals surface area contributed by atoms with Gasteiger partial charge in [0.2, 0.25) is 5.91 Å². The third-order valence-electron chi connectivity index (χ3n) is 3.97. The zero-order valence-corrected chi connectivity index (χ0v) is 14.6. The molecule has 0 saturated carbocycles. The minimum atomic E-state index is -0.693. The SMILES string of the molecule is COC(=O)c1ccc(NC(=O)Cn2c(=O)oc3cc(C(C)=O)ccc32)cc1. The molecule has 0 aliphatic rings. The van der Waals surface area contributed by atoms with Crippen molar-refractivity contribution in [1.82, 2.24) is 4.57 Å². The first-order valence-electron chi connectivity index (χ1n) is 8.01. The van der Waals surface area contributed by atoms with Crippen LogP contribution in [0, 0.1) is 0 Å². The largest absolute Gasteiger partial charge is 0.465 e. The van der Waals surface area contributed by atoms with Crippen LogP contribution in [-0.2, 0) is 16.1 Å². The minimum Gasteiger partial charge on any atom is -0.465 e. The Morgan fingerprint density at radius 3 is 2.37 bits per heavy atom. The normalized spacial score (nSPS) is 10.6. The first kappa shape index (κ1) is 18.1. The smallest absolute Gasteiger partial charge is 0.420 e. The highest BCUT2D eigenvalue weighted by Crippen LogP contribution is 2.16. The van der Waals surface area contributed by atoms with Crippen molar-refractivity contribution in [3.8, 4) is 0 Å². The highest BCUT2D eigenvalue weighted by molar-refractivity contribution is 5.97. The van der Waals surface area contributed by atoms with E-state index in [1.807, 2.05) is 0 Å². The van der Waals surface area contributed by atoms with E-state index in [0.29, 0.717) is 22.3 Å². The summed E-state index contributed by atoms with van der Waals surface area (Å²) < 4.78 is 10.9. The van der Waals surface area contributed by atoms with Gasteiger partial charge in [0.05, 0.1) is 18.2 Å². The van der Waals surface area contributed by atoms with Gasteiger partial charge in [0, 0.05) is 11.3 Å². The number of anilines is 1. The molecule has 8 nitrogen and oxygen atoms in total. The Morgan fingerprint density at radius 2 is 1.74 bits per heavy atom. The highest BCUT2D eigenvalue weighted by Gasteiger charge is 2.14. The van der Waals surface area contributed by atoms with Crippen LogP contribution in [0.4, 0.5) is 5.69 Å². The van der Waals surface area contributed by atoms with Gasteiger partial charge in [0.15, 0.2) is 11.4 Å². The number of hydrogen-bond acceptors (Lipinski definition) is 6. The quantitative estimate of drug-likeness (QED) is 0.546. The summed E-state index contributed by atoms with van der Waals surface area (Å²) in [5.41, 5.74) is 1.89. The van der Waals surface area contributed by atoms with Gasteiger partial charge < -0.3 is 14.5 Å². The highest BCUT2D eigenvalue weighted by atomic mass is 16.5. The predicted molar refractivity (Wildman–Crippen MR) is 96.9 cm³/mol. The molecular weight excluding hydrogens is 352 g/mol. The zero-order chi connectivity index (χ0) is 19.6. The average Bonchev–Trinajstić information content (AvgIpc) is 2.96. The van der Waals surface area contributed by atoms with Crippen molar-refractivity contribution in [3.05, 3.63) is 64.1 Å². The van der Waals surface area contributed by atoms with E-state index < -0.39 is 17.6 Å². The zero-order valence-electron chi connectivity index (χ0n) is 14.6. The number of rotatable bonds is 5. The van der Waals surface area contributed by atoms with Crippen molar-refractivity contribution in [1.29, 1.82) is 0 Å². The Bertz CT molecular complexity index is 1090. The number of Topliss-reactive ketones (excluding diaryl/α,β-unsaturated/α-hetero) is 1. The number of carbonyl (C=O) groups excluding carboxylic acids is 3. The molecule has 27 heavy (non-hydrogen) atoms. The second-order valence-electron chi connectivity index (χ2n) is 5.81. The van der Waals surface area contributed by atoms with Gasteiger partial charge in [0.1, 0.15) is 6.54 Å². The molecule has 1 N–H and O–H groups in total. The Hall–Kier alpha value is -3.68. The molecule has 8 heteroatoms. The van der Waals surface area contributed by atoms with Gasteiger partial charge in [-0.25, -0.2) is 9.59 Å². The standard InChI is InChI=1S/C19H16N2O6/c1-11(22)13-5-8-15-16(9-13)27-19(25)21(15)10-17(23)20-14-6-3-12(4-7-14)18(24)26-2/h3-9H,10H2,1-2H3,(H,20,23). The van der Waals surface area contributed by atoms with Gasteiger partial charge in [-0.15, -0.1) is 0 Å². The third-order valence-corrected chi connectivity index (χ3v) is 3.97. The Kier molecular flexibility index (Phi) is 4.89. The predicted octanol–water partition coefficient (Wildman–Crippen LogP) is 2.22. The molecule has 0 aliphatic heterocycles. The number of nitrogens with zero attached hydrogens (tertiary/aromatic N) is 1. The lowest BCUT2D eigenvalue weighted by Gasteiger charge is -2.06. The molecule has 0 atom stereocenters. The summed E-state index contributed by atoms with van der Waals surface area (Å²) in [5.74, 6) is -1.77. The van der Waals surface area contributed by atoms with Gasteiger partial charge >= 0.3 is 11.7 Å². The molecule has 0 saturated heterocycles. The number of hydrogen-bond donors (Lipinski definition) is 1. The van der Waals surface area contributed by atoms with Crippen LogP contribution in [0.25, 0.3) is 11.1 Å². The van der Waals surface area contributed by atoms with Crippen LogP contribution in [0.15, 0.2) is 51.7 Å². The number of aromatic nitrogens is 1. The second-order valence-corrected chi connectivity index (χ2v) is 5.81. The summed E-state index contributed by atoms with van der Waals surface area (Å²) in [7, 11) is 1.28. The van der Waals surface area contributed by atoms with E-state index in [1.54, 1.807) is 24.3 Å². The van der Waals surface area contributed by atoms with Gasteiger partial charge in [-0.1, -0.05) is 0 Å². The summed E-state index contributed by atoms with van der Waals surface area (Å²) in [5, 5.41) is 2.64. The number of benzene rings is 2. The number of esters is 1. The van der Waals surface area contributed by atoms with Crippen molar-refractivity contribution < 1.29 is 23.5 Å². The number of methoxy groups -OCH3 is 1. The molecule has 0 aliphatic carbocycles. The Labute approximate surface area is 153 Å². The lowest BCUT2D eigenvalue weighted by Crippen LogP contribution is -2.24. The fraction of sp³-hybridized carbons (Fsp3) is 0.158. The van der Waals surface area contributed by atoms with E-state index in [2.05, 4.69) is 10.1 Å². The summed E-state index contributed by atoms with van der Waals surface area (Å²) >= 11 is 0. The van der Waals surface area contributed by atoms with Crippen LogP contribution in [0.3, 0.4) is 0 Å². The van der Waals surface area contributed by atoms with Crippen molar-refractivity contribution in [2.24, 2.45) is 0 Å². The maximum Gasteiger partial charge on any atom is 0.420 e. The van der Waals surface area contributed by atoms with Crippen LogP contribution in [0.2, 0.25) is 0 Å². The molecule has 0 radical (unpaired) electrons. The molecule has 1 heterocycles. The molecule has 0 fully saturated rings. The molecule has 0 unspecified atom stereocenters. The maximum absolute atomic E-state index is 12.3. The lowest BCUT2D eigenvalue weighted by molar-refractivity contribution is -0.116. The number of fused-ring (bicyclic) bond motifs is 1. The van der Waals surface area contributed by atoms with Crippen LogP contribution < -0.4 is 11.1 Å². The Morgan fingerprint density at radius 1 is 1.07 bits per heavy atom. The summed E-state index contributed by atoms with van der Waals surface area (Å²) in [6, 6.07) is 10.8. The van der Waals surface area contributed by atoms with Crippen molar-refractivity contribution in [3.63, 3.8) is 0 Å². The van der Waals surface area contributed by atoms with Gasteiger partial charge in [-0.2, -0.15) is 0 Å². The average molecular weight is 368 g/mol. The van der Waals surface area contributed by atoms with Crippen molar-refractivity contribution in [2.45, 2.75) is 13.5 Å². The number of carbonyl (C=O) groups is 3. The summed E-state index contributed by atoms with van der Waals surface area (Å²) in [4.78, 5) is 47.1. The van der Waals surface area contributed by atoms with Crippen LogP contribution in [0.1, 0.15) is 27.6 Å². The molecule has 0 bridgehead atoms. The lowest BCUT2D eigenvalue weighted by atomic mass is 10.1. The molecular formula is C19H16N2O6. The monoisotopic (exact) mass is 368 g/mol. The molecule has 2 aromatic carbocycles. The number of ether oxygens (including phenoxy) is 1. The first-order chi connectivity index (χ1) is 12.9. The molecule has 3 aromatic rings. The number of oxazole rings is 1. The fourth-order valence-corrected chi connectivity index (χ4v) is 2.59. The van der Waals surface area contributed by atoms with Gasteiger partial charge in [-0.3, -0.25) is 14.2 Å². The summed E-state index contributed by atoms with van der Waals surface area (Å²) in [6.07, 6.45) is 0. The molecule has 138 valence electrons. The van der Waals surface area contributed by atoms with E-state index in [4.69, 9.17) is 4.42 Å². The number of nitrogens with one attached hydrogen (secondary N) is 1. The molecule has 0 spiro atoms. The third kappa shape index (κ3) is 3.79. The number of ketones is 1. The minimum absolute atomic E-state index is 0.152. The fourth-order valence-electron chi connectivity index (χ4n) is 2.59. The molecule has 1 amide bonds. The van der Waals surface area contributed by atoms with E-state index in [9.17, 15) is 19.2 Å². The topological polar surface area (TPSA) is 108 Å². The molecule has 1 aromatic heterocycles. The van der Waals surface area contributed by atoms with Crippen LogP contribution in [0.5, 0.6) is 0 Å². The van der Waals surface area contributed by atoms with E-state index in [0.717, 1.165) is 0 Å². The van der Waals surface area contributed by atoms with Gasteiger partial charge in [-0.05, 0) is 49.4 Å². The van der Waals surface area contributed by atoms with Crippen molar-refractivity contribution >= 4 is 34.4 Å². The molecule has 3 rings (SSSR count). The van der Waals surface area contributed by atoms with Crippen molar-refractivity contribution in [2.75, 3.05) is 12.4 Å². The maximum atomic E-state index is 12.3. The Balaban J connectivity index is 1.78. The van der Waals surface area contributed by atoms with Crippen LogP contribution >= 0.6 is 0 Å². The second kappa shape index (κ2) is 7.28.